The molecule has 0 bridgehead atoms. The summed E-state index contributed by atoms with van der Waals surface area (Å²) < 4.78 is 27.7. The molecule has 1 heterocycles. The van der Waals surface area contributed by atoms with Crippen molar-refractivity contribution < 1.29 is 13.5 Å². The summed E-state index contributed by atoms with van der Waals surface area (Å²) in [7, 11) is -3.60. The largest absolute Gasteiger partial charge is 0.392 e. The van der Waals surface area contributed by atoms with E-state index in [0.29, 0.717) is 16.1 Å². The van der Waals surface area contributed by atoms with Crippen LogP contribution in [-0.2, 0) is 16.6 Å². The Kier molecular flexibility index (Phi) is 5.36. The predicted octanol–water partition coefficient (Wildman–Crippen LogP) is 2.31. The SMILES string of the molecule is Cc1c(CO)cc(Cl)cc1S(=O)(=O)NC1CCSCC1. The van der Waals surface area contributed by atoms with E-state index in [4.69, 9.17) is 11.6 Å². The molecule has 0 atom stereocenters. The van der Waals surface area contributed by atoms with Gasteiger partial charge in [-0.05, 0) is 54.5 Å². The fourth-order valence-corrected chi connectivity index (χ4v) is 5.28. The van der Waals surface area contributed by atoms with Crippen molar-refractivity contribution in [3.63, 3.8) is 0 Å². The van der Waals surface area contributed by atoms with E-state index in [9.17, 15) is 13.5 Å². The van der Waals surface area contributed by atoms with Gasteiger partial charge in [-0.2, -0.15) is 11.8 Å². The average Bonchev–Trinajstić information content (AvgIpc) is 2.41. The topological polar surface area (TPSA) is 66.4 Å². The highest BCUT2D eigenvalue weighted by Gasteiger charge is 2.24. The number of nitrogens with one attached hydrogen (secondary N) is 1. The Labute approximate surface area is 129 Å². The molecule has 112 valence electrons. The van der Waals surface area contributed by atoms with Gasteiger partial charge >= 0.3 is 0 Å². The number of thioether (sulfide) groups is 1. The quantitative estimate of drug-likeness (QED) is 0.886. The van der Waals surface area contributed by atoms with Crippen LogP contribution in [0.2, 0.25) is 5.02 Å². The molecular formula is C13H18ClNO3S2. The summed E-state index contributed by atoms with van der Waals surface area (Å²) in [5.41, 5.74) is 1.09. The first-order chi connectivity index (χ1) is 9.44. The van der Waals surface area contributed by atoms with Crippen molar-refractivity contribution >= 4 is 33.4 Å². The van der Waals surface area contributed by atoms with E-state index in [2.05, 4.69) is 4.72 Å². The number of hydrogen-bond acceptors (Lipinski definition) is 4. The zero-order chi connectivity index (χ0) is 14.8. The van der Waals surface area contributed by atoms with Crippen LogP contribution in [-0.4, -0.2) is 31.1 Å². The molecule has 4 nitrogen and oxygen atoms in total. The van der Waals surface area contributed by atoms with Crippen LogP contribution in [0.3, 0.4) is 0 Å². The highest BCUT2D eigenvalue weighted by molar-refractivity contribution is 7.99. The van der Waals surface area contributed by atoms with Gasteiger partial charge in [0.25, 0.3) is 0 Å². The van der Waals surface area contributed by atoms with Gasteiger partial charge in [0.1, 0.15) is 0 Å². The lowest BCUT2D eigenvalue weighted by atomic mass is 10.1. The van der Waals surface area contributed by atoms with Crippen LogP contribution in [0.25, 0.3) is 0 Å². The molecule has 1 aromatic carbocycles. The van der Waals surface area contributed by atoms with Gasteiger partial charge in [-0.15, -0.1) is 0 Å². The molecular weight excluding hydrogens is 318 g/mol. The smallest absolute Gasteiger partial charge is 0.241 e. The third kappa shape index (κ3) is 3.68. The maximum Gasteiger partial charge on any atom is 0.241 e. The Morgan fingerprint density at radius 3 is 2.65 bits per heavy atom. The second-order valence-electron chi connectivity index (χ2n) is 4.85. The first kappa shape index (κ1) is 16.1. The molecule has 1 aliphatic heterocycles. The van der Waals surface area contributed by atoms with E-state index in [1.54, 1.807) is 13.0 Å². The van der Waals surface area contributed by atoms with Gasteiger partial charge in [0.05, 0.1) is 11.5 Å². The second-order valence-corrected chi connectivity index (χ2v) is 8.20. The highest BCUT2D eigenvalue weighted by atomic mass is 35.5. The summed E-state index contributed by atoms with van der Waals surface area (Å²) in [6, 6.07) is 3.01. The molecule has 1 fully saturated rings. The lowest BCUT2D eigenvalue weighted by molar-refractivity contribution is 0.280. The zero-order valence-electron chi connectivity index (χ0n) is 11.2. The van der Waals surface area contributed by atoms with Crippen LogP contribution in [0, 0.1) is 6.92 Å². The number of benzene rings is 1. The van der Waals surface area contributed by atoms with E-state index in [-0.39, 0.29) is 17.5 Å². The fourth-order valence-electron chi connectivity index (χ4n) is 2.25. The normalized spacial score (nSPS) is 17.4. The van der Waals surface area contributed by atoms with Gasteiger partial charge in [-0.1, -0.05) is 11.6 Å². The van der Waals surface area contributed by atoms with Crippen molar-refractivity contribution in [3.8, 4) is 0 Å². The minimum absolute atomic E-state index is 0.0165. The van der Waals surface area contributed by atoms with Crippen LogP contribution in [0.1, 0.15) is 24.0 Å². The van der Waals surface area contributed by atoms with E-state index >= 15 is 0 Å². The van der Waals surface area contributed by atoms with Crippen LogP contribution in [0.5, 0.6) is 0 Å². The molecule has 0 amide bonds. The standard InChI is InChI=1S/C13H18ClNO3S2/c1-9-10(8-16)6-11(14)7-13(9)20(17,18)15-12-2-4-19-5-3-12/h6-7,12,15-16H,2-5,8H2,1H3. The van der Waals surface area contributed by atoms with E-state index in [0.717, 1.165) is 24.3 Å². The molecule has 1 aromatic rings. The molecule has 7 heteroatoms. The van der Waals surface area contributed by atoms with Crippen molar-refractivity contribution in [2.24, 2.45) is 0 Å². The molecule has 2 rings (SSSR count). The monoisotopic (exact) mass is 335 g/mol. The number of rotatable bonds is 4. The first-order valence-corrected chi connectivity index (χ1v) is 9.45. The highest BCUT2D eigenvalue weighted by Crippen LogP contribution is 2.26. The number of hydrogen-bond donors (Lipinski definition) is 2. The molecule has 1 saturated heterocycles. The van der Waals surface area contributed by atoms with Gasteiger partial charge in [0, 0.05) is 11.1 Å². The van der Waals surface area contributed by atoms with E-state index < -0.39 is 10.0 Å². The lowest BCUT2D eigenvalue weighted by Crippen LogP contribution is -2.37. The van der Waals surface area contributed by atoms with Crippen molar-refractivity contribution in [2.75, 3.05) is 11.5 Å². The predicted molar refractivity (Wildman–Crippen MR) is 82.8 cm³/mol. The molecule has 0 aromatic heterocycles. The number of aliphatic hydroxyl groups excluding tert-OH is 1. The molecule has 0 aliphatic carbocycles. The molecule has 20 heavy (non-hydrogen) atoms. The Hall–Kier alpha value is -0.270. The molecule has 2 N–H and O–H groups in total. The second kappa shape index (κ2) is 6.66. The zero-order valence-corrected chi connectivity index (χ0v) is 13.6. The number of sulfonamides is 1. The van der Waals surface area contributed by atoms with Crippen LogP contribution < -0.4 is 4.72 Å². The van der Waals surface area contributed by atoms with Crippen LogP contribution in [0.4, 0.5) is 0 Å². The van der Waals surface area contributed by atoms with Crippen LogP contribution >= 0.6 is 23.4 Å². The maximum absolute atomic E-state index is 12.5. The minimum Gasteiger partial charge on any atom is -0.392 e. The van der Waals surface area contributed by atoms with Crippen molar-refractivity contribution in [3.05, 3.63) is 28.3 Å². The van der Waals surface area contributed by atoms with Gasteiger partial charge < -0.3 is 5.11 Å². The number of aliphatic hydroxyl groups is 1. The Morgan fingerprint density at radius 1 is 1.40 bits per heavy atom. The molecule has 0 saturated carbocycles. The molecule has 0 unspecified atom stereocenters. The van der Waals surface area contributed by atoms with Gasteiger partial charge in [-0.3, -0.25) is 0 Å². The summed E-state index contributed by atoms with van der Waals surface area (Å²) in [6.07, 6.45) is 1.69. The molecule has 1 aliphatic rings. The lowest BCUT2D eigenvalue weighted by Gasteiger charge is -2.23. The summed E-state index contributed by atoms with van der Waals surface area (Å²) in [5, 5.41) is 9.60. The van der Waals surface area contributed by atoms with E-state index in [1.807, 2.05) is 11.8 Å². The summed E-state index contributed by atoms with van der Waals surface area (Å²) >= 11 is 7.79. The molecule has 0 spiro atoms. The Bertz CT molecular complexity index is 584. The van der Waals surface area contributed by atoms with Gasteiger partial charge in [0.2, 0.25) is 10.0 Å². The van der Waals surface area contributed by atoms with E-state index in [1.165, 1.54) is 6.07 Å². The van der Waals surface area contributed by atoms with Crippen molar-refractivity contribution in [1.82, 2.24) is 4.72 Å². The average molecular weight is 336 g/mol. The number of halogens is 1. The van der Waals surface area contributed by atoms with Gasteiger partial charge in [0.15, 0.2) is 0 Å². The molecule has 0 radical (unpaired) electrons. The maximum atomic E-state index is 12.5. The third-order valence-corrected chi connectivity index (χ3v) is 6.35. The van der Waals surface area contributed by atoms with Crippen molar-refractivity contribution in [2.45, 2.75) is 37.3 Å². The summed E-state index contributed by atoms with van der Waals surface area (Å²) in [5.74, 6) is 1.95. The first-order valence-electron chi connectivity index (χ1n) is 6.44. The third-order valence-electron chi connectivity index (χ3n) is 3.44. The Morgan fingerprint density at radius 2 is 2.05 bits per heavy atom. The van der Waals surface area contributed by atoms with Crippen LogP contribution in [0.15, 0.2) is 17.0 Å². The van der Waals surface area contributed by atoms with Crippen molar-refractivity contribution in [1.29, 1.82) is 0 Å². The Balaban J connectivity index is 2.31. The summed E-state index contributed by atoms with van der Waals surface area (Å²) in [6.45, 7) is 1.46. The summed E-state index contributed by atoms with van der Waals surface area (Å²) in [4.78, 5) is 0.160. The fraction of sp³-hybridized carbons (Fsp3) is 0.538. The minimum atomic E-state index is -3.60. The van der Waals surface area contributed by atoms with Gasteiger partial charge in [-0.25, -0.2) is 13.1 Å².